The molecule has 1 aliphatic rings. The number of nitrogens with zero attached hydrogens (tertiary/aromatic N) is 2. The lowest BCUT2D eigenvalue weighted by molar-refractivity contribution is -0.124. The molecule has 26 heavy (non-hydrogen) atoms. The van der Waals surface area contributed by atoms with E-state index < -0.39 is 11.5 Å². The summed E-state index contributed by atoms with van der Waals surface area (Å²) < 4.78 is 18.3. The molecule has 5 nitrogen and oxygen atoms in total. The number of rotatable bonds is 5. The molecule has 6 heteroatoms. The number of halogens is 1. The molecule has 1 aromatic heterocycles. The highest BCUT2D eigenvalue weighted by Crippen LogP contribution is 2.48. The molecule has 1 fully saturated rings. The van der Waals surface area contributed by atoms with E-state index in [1.165, 1.54) is 12.1 Å². The van der Waals surface area contributed by atoms with Crippen molar-refractivity contribution in [3.8, 4) is 11.4 Å². The molecule has 1 aliphatic carbocycles. The Bertz CT molecular complexity index is 918. The van der Waals surface area contributed by atoms with Crippen molar-refractivity contribution < 1.29 is 13.7 Å². The van der Waals surface area contributed by atoms with E-state index in [1.807, 2.05) is 30.3 Å². The summed E-state index contributed by atoms with van der Waals surface area (Å²) in [6.07, 6.45) is 1.67. The molecular formula is C20H18FN3O2. The zero-order chi connectivity index (χ0) is 18.1. The van der Waals surface area contributed by atoms with Crippen LogP contribution in [0.25, 0.3) is 11.4 Å². The van der Waals surface area contributed by atoms with Gasteiger partial charge in [-0.3, -0.25) is 4.79 Å². The zero-order valence-corrected chi connectivity index (χ0v) is 14.3. The molecule has 2 aromatic carbocycles. The van der Waals surface area contributed by atoms with Crippen molar-refractivity contribution in [1.82, 2.24) is 15.5 Å². The minimum absolute atomic E-state index is 0.0299. The summed E-state index contributed by atoms with van der Waals surface area (Å²) in [4.78, 5) is 17.1. The topological polar surface area (TPSA) is 68.0 Å². The smallest absolute Gasteiger partial charge is 0.249 e. The standard InChI is InChI=1S/C20H18FN3O2/c1-13(18-23-17(24-26-18)14-7-9-16(21)10-8-14)22-19(25)20(11-12-20)15-5-3-2-4-6-15/h2-10,13H,11-12H2,1H3,(H,22,25)/t13-/m0/s1. The van der Waals surface area contributed by atoms with E-state index in [0.29, 0.717) is 17.3 Å². The highest BCUT2D eigenvalue weighted by atomic mass is 19.1. The van der Waals surface area contributed by atoms with Crippen molar-refractivity contribution in [3.05, 3.63) is 71.9 Å². The van der Waals surface area contributed by atoms with E-state index in [0.717, 1.165) is 18.4 Å². The Morgan fingerprint density at radius 3 is 2.50 bits per heavy atom. The first-order valence-electron chi connectivity index (χ1n) is 8.54. The number of benzene rings is 2. The Labute approximate surface area is 150 Å². The fourth-order valence-corrected chi connectivity index (χ4v) is 3.05. The molecule has 1 N–H and O–H groups in total. The second kappa shape index (κ2) is 6.37. The van der Waals surface area contributed by atoms with E-state index >= 15 is 0 Å². The van der Waals surface area contributed by atoms with Crippen LogP contribution < -0.4 is 5.32 Å². The fourth-order valence-electron chi connectivity index (χ4n) is 3.05. The summed E-state index contributed by atoms with van der Waals surface area (Å²) in [5, 5.41) is 6.90. The minimum Gasteiger partial charge on any atom is -0.344 e. The zero-order valence-electron chi connectivity index (χ0n) is 14.3. The molecule has 4 rings (SSSR count). The van der Waals surface area contributed by atoms with Crippen LogP contribution in [0.4, 0.5) is 4.39 Å². The van der Waals surface area contributed by atoms with E-state index in [9.17, 15) is 9.18 Å². The number of hydrogen-bond acceptors (Lipinski definition) is 4. The lowest BCUT2D eigenvalue weighted by Crippen LogP contribution is -2.36. The van der Waals surface area contributed by atoms with Crippen molar-refractivity contribution in [2.24, 2.45) is 0 Å². The van der Waals surface area contributed by atoms with Crippen LogP contribution in [0, 0.1) is 5.82 Å². The van der Waals surface area contributed by atoms with Crippen LogP contribution in [0.2, 0.25) is 0 Å². The predicted molar refractivity (Wildman–Crippen MR) is 93.6 cm³/mol. The summed E-state index contributed by atoms with van der Waals surface area (Å²) in [7, 11) is 0. The molecule has 0 radical (unpaired) electrons. The van der Waals surface area contributed by atoms with Crippen molar-refractivity contribution in [1.29, 1.82) is 0 Å². The van der Waals surface area contributed by atoms with Crippen molar-refractivity contribution in [3.63, 3.8) is 0 Å². The largest absolute Gasteiger partial charge is 0.344 e. The first-order chi connectivity index (χ1) is 12.6. The minimum atomic E-state index is -0.449. The third kappa shape index (κ3) is 2.98. The lowest BCUT2D eigenvalue weighted by Gasteiger charge is -2.18. The summed E-state index contributed by atoms with van der Waals surface area (Å²) in [6.45, 7) is 1.81. The third-order valence-electron chi connectivity index (χ3n) is 4.77. The van der Waals surface area contributed by atoms with Crippen molar-refractivity contribution in [2.75, 3.05) is 0 Å². The molecule has 1 heterocycles. The van der Waals surface area contributed by atoms with Gasteiger partial charge in [-0.05, 0) is 49.6 Å². The van der Waals surface area contributed by atoms with Crippen molar-refractivity contribution in [2.45, 2.75) is 31.2 Å². The first kappa shape index (κ1) is 16.4. The first-order valence-corrected chi connectivity index (χ1v) is 8.54. The van der Waals surface area contributed by atoms with Gasteiger partial charge in [0.1, 0.15) is 11.9 Å². The highest BCUT2D eigenvalue weighted by molar-refractivity contribution is 5.91. The number of carbonyl (C=O) groups is 1. The maximum absolute atomic E-state index is 13.0. The Balaban J connectivity index is 1.48. The number of aromatic nitrogens is 2. The Morgan fingerprint density at radius 1 is 1.15 bits per heavy atom. The molecule has 1 atom stereocenters. The van der Waals surface area contributed by atoms with Gasteiger partial charge in [-0.25, -0.2) is 4.39 Å². The summed E-state index contributed by atoms with van der Waals surface area (Å²) in [5.74, 6) is 0.332. The molecule has 1 amide bonds. The second-order valence-corrected chi connectivity index (χ2v) is 6.61. The molecule has 132 valence electrons. The van der Waals surface area contributed by atoms with Gasteiger partial charge in [-0.1, -0.05) is 35.5 Å². The van der Waals surface area contributed by atoms with Crippen LogP contribution in [0.15, 0.2) is 59.1 Å². The monoisotopic (exact) mass is 351 g/mol. The van der Waals surface area contributed by atoms with E-state index in [-0.39, 0.29) is 11.7 Å². The number of carbonyl (C=O) groups excluding carboxylic acids is 1. The van der Waals surface area contributed by atoms with E-state index in [4.69, 9.17) is 4.52 Å². The molecule has 0 aliphatic heterocycles. The molecule has 3 aromatic rings. The van der Waals surface area contributed by atoms with Crippen LogP contribution in [0.5, 0.6) is 0 Å². The number of hydrogen-bond donors (Lipinski definition) is 1. The highest BCUT2D eigenvalue weighted by Gasteiger charge is 2.51. The second-order valence-electron chi connectivity index (χ2n) is 6.61. The van der Waals surface area contributed by atoms with Crippen LogP contribution in [-0.4, -0.2) is 16.0 Å². The van der Waals surface area contributed by atoms with Gasteiger partial charge in [-0.15, -0.1) is 0 Å². The van der Waals surface area contributed by atoms with E-state index in [2.05, 4.69) is 15.5 Å². The molecule has 0 unspecified atom stereocenters. The van der Waals surface area contributed by atoms with Gasteiger partial charge in [-0.2, -0.15) is 4.98 Å². The lowest BCUT2D eigenvalue weighted by atomic mass is 9.95. The number of amides is 1. The fraction of sp³-hybridized carbons (Fsp3) is 0.250. The molecule has 0 bridgehead atoms. The molecule has 1 saturated carbocycles. The summed E-state index contributed by atoms with van der Waals surface area (Å²) >= 11 is 0. The normalized spacial score (nSPS) is 16.1. The van der Waals surface area contributed by atoms with Crippen molar-refractivity contribution >= 4 is 5.91 Å². The average molecular weight is 351 g/mol. The quantitative estimate of drug-likeness (QED) is 0.759. The predicted octanol–water partition coefficient (Wildman–Crippen LogP) is 3.78. The van der Waals surface area contributed by atoms with Crippen LogP contribution in [0.1, 0.15) is 37.3 Å². The van der Waals surface area contributed by atoms with Gasteiger partial charge in [0.25, 0.3) is 0 Å². The van der Waals surface area contributed by atoms with Gasteiger partial charge in [0, 0.05) is 5.56 Å². The van der Waals surface area contributed by atoms with Crippen LogP contribution >= 0.6 is 0 Å². The van der Waals surface area contributed by atoms with Crippen LogP contribution in [-0.2, 0) is 10.2 Å². The maximum Gasteiger partial charge on any atom is 0.249 e. The van der Waals surface area contributed by atoms with E-state index in [1.54, 1.807) is 19.1 Å². The summed E-state index contributed by atoms with van der Waals surface area (Å²) in [6, 6.07) is 15.2. The van der Waals surface area contributed by atoms with Gasteiger partial charge in [0.2, 0.25) is 17.6 Å². The Kier molecular flexibility index (Phi) is 4.03. The van der Waals surface area contributed by atoms with Gasteiger partial charge in [0.05, 0.1) is 5.41 Å². The SMILES string of the molecule is C[C@H](NC(=O)C1(c2ccccc2)CC1)c1nc(-c2ccc(F)cc2)no1. The molecule has 0 spiro atoms. The van der Waals surface area contributed by atoms with Gasteiger partial charge in [0.15, 0.2) is 0 Å². The van der Waals surface area contributed by atoms with Crippen LogP contribution in [0.3, 0.4) is 0 Å². The Morgan fingerprint density at radius 2 is 1.85 bits per heavy atom. The average Bonchev–Trinajstić information content (AvgIpc) is 3.33. The van der Waals surface area contributed by atoms with Gasteiger partial charge < -0.3 is 9.84 Å². The summed E-state index contributed by atoms with van der Waals surface area (Å²) in [5.41, 5.74) is 1.24. The molecular weight excluding hydrogens is 333 g/mol. The maximum atomic E-state index is 13.0. The number of nitrogens with one attached hydrogen (secondary N) is 1. The van der Waals surface area contributed by atoms with Gasteiger partial charge >= 0.3 is 0 Å². The molecule has 0 saturated heterocycles. The Hall–Kier alpha value is -3.02. The third-order valence-corrected chi connectivity index (χ3v) is 4.77.